The Bertz CT molecular complexity index is 936. The van der Waals surface area contributed by atoms with Crippen LogP contribution < -0.4 is 9.47 Å². The number of nitrogens with zero attached hydrogens (tertiary/aromatic N) is 2. The summed E-state index contributed by atoms with van der Waals surface area (Å²) in [6.07, 6.45) is 4.62. The molecule has 3 rings (SSSR count). The summed E-state index contributed by atoms with van der Waals surface area (Å²) in [7, 11) is 3.24. The number of carbonyl (C=O) groups excluding carboxylic acids is 1. The maximum absolute atomic E-state index is 13.2. The van der Waals surface area contributed by atoms with Crippen LogP contribution in [0.25, 0.3) is 0 Å². The number of hydrogen-bond donors (Lipinski definition) is 0. The molecule has 1 aliphatic rings. The average Bonchev–Trinajstić information content (AvgIpc) is 3.09. The second kappa shape index (κ2) is 9.89. The fraction of sp³-hybridized carbons (Fsp3) is 0.273. The first-order valence-electron chi connectivity index (χ1n) is 9.12. The number of amides is 1. The van der Waals surface area contributed by atoms with Crippen LogP contribution in [0.1, 0.15) is 11.1 Å². The van der Waals surface area contributed by atoms with Gasteiger partial charge in [0.15, 0.2) is 17.2 Å². The number of carbonyl (C=O) groups is 1. The smallest absolute Gasteiger partial charge is 0.279 e. The Hall–Kier alpha value is -2.38. The molecule has 1 heterocycles. The summed E-state index contributed by atoms with van der Waals surface area (Å²) in [5, 5.41) is 0. The summed E-state index contributed by atoms with van der Waals surface area (Å²) in [6.45, 7) is 0.529. The third kappa shape index (κ3) is 4.62. The third-order valence-corrected chi connectivity index (χ3v) is 6.72. The lowest BCUT2D eigenvalue weighted by molar-refractivity contribution is -0.122. The highest BCUT2D eigenvalue weighted by atomic mass is 32.2. The maximum Gasteiger partial charge on any atom is 0.279 e. The van der Waals surface area contributed by atoms with E-state index in [-0.39, 0.29) is 5.91 Å². The summed E-state index contributed by atoms with van der Waals surface area (Å²) >= 11 is 3.10. The molecule has 0 fully saturated rings. The van der Waals surface area contributed by atoms with Crippen LogP contribution >= 0.6 is 23.5 Å². The standard InChI is InChI=1S/C22H24N2O3S2/c1-26-17-11-10-15(14-18(17)27-2)12-13-24-20(16-8-6-5-7-9-16)23-19(21(24)25)22(28-3)29-4/h5-11,14H,12-13H2,1-4H3. The van der Waals surface area contributed by atoms with E-state index >= 15 is 0 Å². The van der Waals surface area contributed by atoms with E-state index in [0.717, 1.165) is 15.4 Å². The molecular formula is C22H24N2O3S2. The number of ether oxygens (including phenoxy) is 2. The van der Waals surface area contributed by atoms with Crippen molar-refractivity contribution in [1.29, 1.82) is 0 Å². The molecule has 0 radical (unpaired) electrons. The normalized spacial score (nSPS) is 13.5. The number of methoxy groups -OCH3 is 2. The lowest BCUT2D eigenvalue weighted by Crippen LogP contribution is -2.34. The molecule has 152 valence electrons. The van der Waals surface area contributed by atoms with E-state index in [1.807, 2.05) is 61.0 Å². The first-order chi connectivity index (χ1) is 14.1. The topological polar surface area (TPSA) is 51.1 Å². The monoisotopic (exact) mass is 428 g/mol. The Morgan fingerprint density at radius 1 is 1.00 bits per heavy atom. The van der Waals surface area contributed by atoms with Crippen molar-refractivity contribution in [3.8, 4) is 11.5 Å². The molecule has 0 bridgehead atoms. The zero-order valence-corrected chi connectivity index (χ0v) is 18.6. The Labute approximate surface area is 180 Å². The van der Waals surface area contributed by atoms with Crippen LogP contribution in [0.5, 0.6) is 11.5 Å². The van der Waals surface area contributed by atoms with E-state index in [0.29, 0.717) is 36.0 Å². The minimum atomic E-state index is -0.0528. The highest BCUT2D eigenvalue weighted by Crippen LogP contribution is 2.33. The van der Waals surface area contributed by atoms with Crippen molar-refractivity contribution in [3.05, 3.63) is 69.6 Å². The quantitative estimate of drug-likeness (QED) is 0.582. The van der Waals surface area contributed by atoms with Crippen molar-refractivity contribution in [2.75, 3.05) is 33.3 Å². The second-order valence-electron chi connectivity index (χ2n) is 6.24. The van der Waals surface area contributed by atoms with Crippen molar-refractivity contribution in [3.63, 3.8) is 0 Å². The average molecular weight is 429 g/mol. The van der Waals surface area contributed by atoms with Gasteiger partial charge in [0.05, 0.1) is 18.5 Å². The van der Waals surface area contributed by atoms with Gasteiger partial charge in [-0.2, -0.15) is 0 Å². The van der Waals surface area contributed by atoms with E-state index in [9.17, 15) is 4.79 Å². The van der Waals surface area contributed by atoms with Crippen LogP contribution in [0.15, 0.2) is 63.5 Å². The predicted octanol–water partition coefficient (Wildman–Crippen LogP) is 4.43. The molecule has 0 saturated carbocycles. The Kier molecular flexibility index (Phi) is 7.28. The fourth-order valence-corrected chi connectivity index (χ4v) is 4.46. The summed E-state index contributed by atoms with van der Waals surface area (Å²) in [6, 6.07) is 15.7. The van der Waals surface area contributed by atoms with Crippen LogP contribution in [0.4, 0.5) is 0 Å². The van der Waals surface area contributed by atoms with Gasteiger partial charge in [-0.15, -0.1) is 23.5 Å². The predicted molar refractivity (Wildman–Crippen MR) is 122 cm³/mol. The maximum atomic E-state index is 13.2. The summed E-state index contributed by atoms with van der Waals surface area (Å²) < 4.78 is 11.6. The number of thioether (sulfide) groups is 2. The van der Waals surface area contributed by atoms with E-state index in [4.69, 9.17) is 14.5 Å². The van der Waals surface area contributed by atoms with Crippen molar-refractivity contribution in [2.24, 2.45) is 4.99 Å². The van der Waals surface area contributed by atoms with Crippen LogP contribution in [0.3, 0.4) is 0 Å². The summed E-state index contributed by atoms with van der Waals surface area (Å²) in [5.74, 6) is 2.02. The van der Waals surface area contributed by atoms with Crippen LogP contribution in [-0.4, -0.2) is 49.9 Å². The molecule has 1 aliphatic heterocycles. The molecule has 0 aliphatic carbocycles. The minimum Gasteiger partial charge on any atom is -0.493 e. The molecule has 2 aromatic carbocycles. The van der Waals surface area contributed by atoms with Gasteiger partial charge in [-0.25, -0.2) is 4.99 Å². The summed E-state index contributed by atoms with van der Waals surface area (Å²) in [4.78, 5) is 19.7. The van der Waals surface area contributed by atoms with Gasteiger partial charge in [-0.3, -0.25) is 9.69 Å². The molecule has 0 N–H and O–H groups in total. The second-order valence-corrected chi connectivity index (χ2v) is 8.13. The van der Waals surface area contributed by atoms with Crippen molar-refractivity contribution < 1.29 is 14.3 Å². The van der Waals surface area contributed by atoms with Crippen LogP contribution in [-0.2, 0) is 11.2 Å². The van der Waals surface area contributed by atoms with Crippen LogP contribution in [0.2, 0.25) is 0 Å². The lowest BCUT2D eigenvalue weighted by Gasteiger charge is -2.19. The first kappa shape index (κ1) is 21.3. The van der Waals surface area contributed by atoms with Crippen molar-refractivity contribution in [1.82, 2.24) is 4.90 Å². The van der Waals surface area contributed by atoms with Gasteiger partial charge in [0, 0.05) is 12.1 Å². The molecule has 2 aromatic rings. The summed E-state index contributed by atoms with van der Waals surface area (Å²) in [5.41, 5.74) is 2.52. The van der Waals surface area contributed by atoms with E-state index in [1.54, 1.807) is 42.6 Å². The largest absolute Gasteiger partial charge is 0.493 e. The Balaban J connectivity index is 1.89. The van der Waals surface area contributed by atoms with Crippen molar-refractivity contribution >= 4 is 35.3 Å². The zero-order valence-electron chi connectivity index (χ0n) is 17.0. The van der Waals surface area contributed by atoms with Gasteiger partial charge in [0.2, 0.25) is 0 Å². The van der Waals surface area contributed by atoms with E-state index < -0.39 is 0 Å². The fourth-order valence-electron chi connectivity index (χ4n) is 3.14. The zero-order chi connectivity index (χ0) is 20.8. The van der Waals surface area contributed by atoms with Gasteiger partial charge in [0.1, 0.15) is 5.84 Å². The molecule has 0 saturated heterocycles. The molecular weight excluding hydrogens is 404 g/mol. The van der Waals surface area contributed by atoms with Gasteiger partial charge >= 0.3 is 0 Å². The van der Waals surface area contributed by atoms with Crippen LogP contribution in [0, 0.1) is 0 Å². The SMILES string of the molecule is COc1ccc(CCN2C(=O)C(=C(SC)SC)N=C2c2ccccc2)cc1OC. The molecule has 0 aromatic heterocycles. The number of rotatable bonds is 8. The first-order valence-corrected chi connectivity index (χ1v) is 11.6. The van der Waals surface area contributed by atoms with Gasteiger partial charge < -0.3 is 9.47 Å². The minimum absolute atomic E-state index is 0.0528. The number of hydrogen-bond acceptors (Lipinski definition) is 6. The molecule has 0 spiro atoms. The van der Waals surface area contributed by atoms with Gasteiger partial charge in [0.25, 0.3) is 5.91 Å². The molecule has 0 atom stereocenters. The van der Waals surface area contributed by atoms with Gasteiger partial charge in [-0.05, 0) is 36.6 Å². The highest BCUT2D eigenvalue weighted by Gasteiger charge is 2.32. The highest BCUT2D eigenvalue weighted by molar-refractivity contribution is 8.21. The van der Waals surface area contributed by atoms with E-state index in [2.05, 4.69) is 0 Å². The number of benzene rings is 2. The third-order valence-electron chi connectivity index (χ3n) is 4.59. The molecule has 5 nitrogen and oxygen atoms in total. The Morgan fingerprint density at radius 3 is 2.31 bits per heavy atom. The molecule has 29 heavy (non-hydrogen) atoms. The molecule has 7 heteroatoms. The lowest BCUT2D eigenvalue weighted by atomic mass is 10.1. The number of aliphatic imine (C=N–C) groups is 1. The molecule has 1 amide bonds. The molecule has 0 unspecified atom stereocenters. The number of amidine groups is 1. The Morgan fingerprint density at radius 2 is 1.69 bits per heavy atom. The van der Waals surface area contributed by atoms with E-state index in [1.165, 1.54) is 0 Å². The van der Waals surface area contributed by atoms with Crippen molar-refractivity contribution in [2.45, 2.75) is 6.42 Å². The van der Waals surface area contributed by atoms with Gasteiger partial charge in [-0.1, -0.05) is 36.4 Å².